The number of hydrogen-bond donors (Lipinski definition) is 1. The number of aromatic hydroxyl groups is 1. The predicted molar refractivity (Wildman–Crippen MR) is 80.2 cm³/mol. The quantitative estimate of drug-likeness (QED) is 0.816. The summed E-state index contributed by atoms with van der Waals surface area (Å²) in [6.07, 6.45) is 2.35. The van der Waals surface area contributed by atoms with E-state index >= 15 is 0 Å². The van der Waals surface area contributed by atoms with E-state index in [4.69, 9.17) is 0 Å². The van der Waals surface area contributed by atoms with Gasteiger partial charge >= 0.3 is 0 Å². The molecule has 1 aromatic rings. The highest BCUT2D eigenvalue weighted by atomic mass is 19.1. The maximum absolute atomic E-state index is 13.2. The molecule has 116 valence electrons. The molecule has 1 aliphatic rings. The first kappa shape index (κ1) is 15.9. The molecule has 1 N–H and O–H groups in total. The summed E-state index contributed by atoms with van der Waals surface area (Å²) < 4.78 is 13.2. The van der Waals surface area contributed by atoms with Crippen LogP contribution in [0.2, 0.25) is 0 Å². The minimum absolute atomic E-state index is 0.0561. The number of carbonyl (C=O) groups is 1. The minimum Gasteiger partial charge on any atom is -0.507 e. The average Bonchev–Trinajstić information content (AvgIpc) is 2.88. The van der Waals surface area contributed by atoms with Gasteiger partial charge in [0.2, 0.25) is 0 Å². The molecule has 21 heavy (non-hydrogen) atoms. The third kappa shape index (κ3) is 4.02. The van der Waals surface area contributed by atoms with Crippen molar-refractivity contribution >= 4 is 5.78 Å². The monoisotopic (exact) mass is 294 g/mol. The molecular weight excluding hydrogens is 271 g/mol. The van der Waals surface area contributed by atoms with Crippen LogP contribution in [-0.4, -0.2) is 60.0 Å². The number of likely N-dealkylation sites (tertiary alicyclic amines) is 1. The highest BCUT2D eigenvalue weighted by molar-refractivity contribution is 5.99. The number of carbonyl (C=O) groups excluding carboxylic acids is 1. The lowest BCUT2D eigenvalue weighted by Gasteiger charge is -2.27. The number of halogens is 1. The van der Waals surface area contributed by atoms with Gasteiger partial charge in [-0.05, 0) is 51.2 Å². The van der Waals surface area contributed by atoms with Crippen molar-refractivity contribution in [1.29, 1.82) is 0 Å². The largest absolute Gasteiger partial charge is 0.507 e. The summed E-state index contributed by atoms with van der Waals surface area (Å²) in [4.78, 5) is 16.5. The maximum Gasteiger partial charge on any atom is 0.180 e. The van der Waals surface area contributed by atoms with E-state index in [0.717, 1.165) is 38.2 Å². The Morgan fingerprint density at radius 2 is 2.29 bits per heavy atom. The van der Waals surface area contributed by atoms with Gasteiger partial charge < -0.3 is 5.11 Å². The molecular formula is C16H23FN2O2. The second kappa shape index (κ2) is 7.00. The number of Topliss-reactive ketones (excluding diaryl/α,β-unsaturated/α-hetero) is 1. The Bertz CT molecular complexity index is 507. The zero-order valence-corrected chi connectivity index (χ0v) is 12.7. The third-order valence-electron chi connectivity index (χ3n) is 4.10. The summed E-state index contributed by atoms with van der Waals surface area (Å²) in [5, 5.41) is 9.67. The van der Waals surface area contributed by atoms with Gasteiger partial charge in [0.05, 0.1) is 12.1 Å². The van der Waals surface area contributed by atoms with Gasteiger partial charge in [-0.2, -0.15) is 0 Å². The van der Waals surface area contributed by atoms with Crippen LogP contribution in [0.5, 0.6) is 5.75 Å². The third-order valence-corrected chi connectivity index (χ3v) is 4.10. The summed E-state index contributed by atoms with van der Waals surface area (Å²) >= 11 is 0. The zero-order valence-electron chi connectivity index (χ0n) is 12.7. The van der Waals surface area contributed by atoms with Gasteiger partial charge in [-0.15, -0.1) is 0 Å². The van der Waals surface area contributed by atoms with E-state index in [1.54, 1.807) is 0 Å². The summed E-state index contributed by atoms with van der Waals surface area (Å²) in [6.45, 7) is 5.29. The molecule has 5 heteroatoms. The van der Waals surface area contributed by atoms with Gasteiger partial charge in [0, 0.05) is 12.6 Å². The number of likely N-dealkylation sites (N-methyl/N-ethyl adjacent to an activating group) is 2. The summed E-state index contributed by atoms with van der Waals surface area (Å²) in [5.41, 5.74) is 0.0561. The molecule has 0 amide bonds. The van der Waals surface area contributed by atoms with Gasteiger partial charge in [-0.1, -0.05) is 6.92 Å². The number of ketones is 1. The SMILES string of the molecule is CCN1CCCC1CN(C)CC(=O)c1cc(F)ccc1O. The molecule has 0 aromatic heterocycles. The molecule has 2 rings (SSSR count). The molecule has 0 spiro atoms. The second-order valence-electron chi connectivity index (χ2n) is 5.71. The number of nitrogens with zero attached hydrogens (tertiary/aromatic N) is 2. The van der Waals surface area contributed by atoms with Crippen LogP contribution in [0.25, 0.3) is 0 Å². The van der Waals surface area contributed by atoms with E-state index in [1.165, 1.54) is 12.5 Å². The molecule has 0 bridgehead atoms. The lowest BCUT2D eigenvalue weighted by Crippen LogP contribution is -2.40. The number of phenolic OH excluding ortho intramolecular Hbond substituents is 1. The lowest BCUT2D eigenvalue weighted by molar-refractivity contribution is 0.0926. The minimum atomic E-state index is -0.508. The molecule has 1 aromatic carbocycles. The van der Waals surface area contributed by atoms with Crippen molar-refractivity contribution in [1.82, 2.24) is 9.80 Å². The van der Waals surface area contributed by atoms with Crippen molar-refractivity contribution in [2.75, 3.05) is 33.2 Å². The smallest absolute Gasteiger partial charge is 0.180 e. The van der Waals surface area contributed by atoms with Gasteiger partial charge in [-0.3, -0.25) is 14.6 Å². The molecule has 1 aliphatic heterocycles. The van der Waals surface area contributed by atoms with E-state index in [2.05, 4.69) is 11.8 Å². The van der Waals surface area contributed by atoms with Crippen LogP contribution >= 0.6 is 0 Å². The van der Waals surface area contributed by atoms with Crippen molar-refractivity contribution in [3.8, 4) is 5.75 Å². The second-order valence-corrected chi connectivity index (χ2v) is 5.71. The molecule has 1 fully saturated rings. The van der Waals surface area contributed by atoms with E-state index in [-0.39, 0.29) is 23.6 Å². The Labute approximate surface area is 125 Å². The van der Waals surface area contributed by atoms with Gasteiger partial charge in [-0.25, -0.2) is 4.39 Å². The van der Waals surface area contributed by atoms with Crippen LogP contribution in [0.4, 0.5) is 4.39 Å². The van der Waals surface area contributed by atoms with Gasteiger partial charge in [0.15, 0.2) is 5.78 Å². The van der Waals surface area contributed by atoms with E-state index in [1.807, 2.05) is 11.9 Å². The summed E-state index contributed by atoms with van der Waals surface area (Å²) in [7, 11) is 1.89. The molecule has 0 radical (unpaired) electrons. The Morgan fingerprint density at radius 3 is 3.00 bits per heavy atom. The molecule has 1 unspecified atom stereocenters. The van der Waals surface area contributed by atoms with E-state index in [9.17, 15) is 14.3 Å². The van der Waals surface area contributed by atoms with Crippen molar-refractivity contribution in [2.45, 2.75) is 25.8 Å². The molecule has 4 nitrogen and oxygen atoms in total. The lowest BCUT2D eigenvalue weighted by atomic mass is 10.1. The van der Waals surface area contributed by atoms with Crippen LogP contribution in [0.3, 0.4) is 0 Å². The highest BCUT2D eigenvalue weighted by Gasteiger charge is 2.25. The molecule has 1 saturated heterocycles. The highest BCUT2D eigenvalue weighted by Crippen LogP contribution is 2.20. The summed E-state index contributed by atoms with van der Waals surface area (Å²) in [5.74, 6) is -0.923. The first-order chi connectivity index (χ1) is 10.0. The topological polar surface area (TPSA) is 43.8 Å². The fourth-order valence-corrected chi connectivity index (χ4v) is 3.00. The van der Waals surface area contributed by atoms with Crippen LogP contribution in [0, 0.1) is 5.82 Å². The first-order valence-corrected chi connectivity index (χ1v) is 7.45. The Balaban J connectivity index is 1.94. The molecule has 0 saturated carbocycles. The van der Waals surface area contributed by atoms with Crippen LogP contribution in [0.15, 0.2) is 18.2 Å². The fraction of sp³-hybridized carbons (Fsp3) is 0.562. The van der Waals surface area contributed by atoms with Crippen molar-refractivity contribution < 1.29 is 14.3 Å². The zero-order chi connectivity index (χ0) is 15.4. The maximum atomic E-state index is 13.2. The fourth-order valence-electron chi connectivity index (χ4n) is 3.00. The number of phenols is 1. The standard InChI is InChI=1S/C16H23FN2O2/c1-3-19-8-4-5-13(19)10-18(2)11-16(21)14-9-12(17)6-7-15(14)20/h6-7,9,13,20H,3-5,8,10-11H2,1-2H3. The van der Waals surface area contributed by atoms with Crippen molar-refractivity contribution in [3.05, 3.63) is 29.6 Å². The number of benzene rings is 1. The Morgan fingerprint density at radius 1 is 1.52 bits per heavy atom. The molecule has 1 heterocycles. The molecule has 0 aliphatic carbocycles. The van der Waals surface area contributed by atoms with Crippen LogP contribution in [0.1, 0.15) is 30.1 Å². The average molecular weight is 294 g/mol. The van der Waals surface area contributed by atoms with Gasteiger partial charge in [0.1, 0.15) is 11.6 Å². The van der Waals surface area contributed by atoms with E-state index < -0.39 is 5.82 Å². The van der Waals surface area contributed by atoms with Crippen LogP contribution < -0.4 is 0 Å². The van der Waals surface area contributed by atoms with Crippen molar-refractivity contribution in [2.24, 2.45) is 0 Å². The number of rotatable bonds is 6. The van der Waals surface area contributed by atoms with E-state index in [0.29, 0.717) is 6.04 Å². The normalized spacial score (nSPS) is 19.3. The Hall–Kier alpha value is -1.46. The van der Waals surface area contributed by atoms with Gasteiger partial charge in [0.25, 0.3) is 0 Å². The summed E-state index contributed by atoms with van der Waals surface area (Å²) in [6, 6.07) is 3.94. The number of hydrogen-bond acceptors (Lipinski definition) is 4. The molecule has 1 atom stereocenters. The first-order valence-electron chi connectivity index (χ1n) is 7.45. The van der Waals surface area contributed by atoms with Crippen LogP contribution in [-0.2, 0) is 0 Å². The predicted octanol–water partition coefficient (Wildman–Crippen LogP) is 2.13. The Kier molecular flexibility index (Phi) is 5.31. The van der Waals surface area contributed by atoms with Crippen molar-refractivity contribution in [3.63, 3.8) is 0 Å².